The highest BCUT2D eigenvalue weighted by molar-refractivity contribution is 5.89. The lowest BCUT2D eigenvalue weighted by atomic mass is 9.52. The molecule has 6 heteroatoms. The second kappa shape index (κ2) is 7.83. The van der Waals surface area contributed by atoms with Gasteiger partial charge in [-0.2, -0.15) is 5.26 Å². The molecule has 28 heavy (non-hydrogen) atoms. The number of rotatable bonds is 7. The second-order valence-corrected chi connectivity index (χ2v) is 8.55. The van der Waals surface area contributed by atoms with Gasteiger partial charge in [-0.1, -0.05) is 0 Å². The van der Waals surface area contributed by atoms with Crippen LogP contribution in [0.2, 0.25) is 0 Å². The van der Waals surface area contributed by atoms with Crippen LogP contribution in [0.5, 0.6) is 0 Å². The van der Waals surface area contributed by atoms with Gasteiger partial charge in [0.1, 0.15) is 5.76 Å². The minimum Gasteiger partial charge on any atom is -0.465 e. The van der Waals surface area contributed by atoms with Crippen molar-refractivity contribution in [3.8, 4) is 6.07 Å². The van der Waals surface area contributed by atoms with Gasteiger partial charge in [0.15, 0.2) is 6.61 Å². The number of nitriles is 1. The summed E-state index contributed by atoms with van der Waals surface area (Å²) in [5, 5.41) is 9.07. The lowest BCUT2D eigenvalue weighted by Crippen LogP contribution is -2.62. The van der Waals surface area contributed by atoms with Gasteiger partial charge in [0.25, 0.3) is 5.91 Å². The Hall–Kier alpha value is -2.55. The van der Waals surface area contributed by atoms with Crippen molar-refractivity contribution >= 4 is 18.0 Å². The SMILES string of the molecule is N#CCCN(C(=O)COC(=O)/C=C/c1ccco1)C12CC3CC(CC(C3)C1)C2. The summed E-state index contributed by atoms with van der Waals surface area (Å²) in [7, 11) is 0. The highest BCUT2D eigenvalue weighted by atomic mass is 16.5. The van der Waals surface area contributed by atoms with E-state index in [9.17, 15) is 9.59 Å². The van der Waals surface area contributed by atoms with Crippen molar-refractivity contribution in [2.45, 2.75) is 50.5 Å². The Kier molecular flexibility index (Phi) is 5.25. The molecule has 1 aromatic heterocycles. The fraction of sp³-hybridized carbons (Fsp3) is 0.591. The molecular weight excluding hydrogens is 356 g/mol. The van der Waals surface area contributed by atoms with Crippen molar-refractivity contribution in [1.82, 2.24) is 4.90 Å². The van der Waals surface area contributed by atoms with Crippen molar-refractivity contribution in [2.75, 3.05) is 13.2 Å². The Bertz CT molecular complexity index is 755. The van der Waals surface area contributed by atoms with Crippen LogP contribution in [0.4, 0.5) is 0 Å². The van der Waals surface area contributed by atoms with Crippen LogP contribution in [0, 0.1) is 29.1 Å². The van der Waals surface area contributed by atoms with Crippen molar-refractivity contribution in [2.24, 2.45) is 17.8 Å². The van der Waals surface area contributed by atoms with Gasteiger partial charge in [0, 0.05) is 18.2 Å². The second-order valence-electron chi connectivity index (χ2n) is 8.55. The van der Waals surface area contributed by atoms with E-state index in [1.807, 2.05) is 4.90 Å². The molecule has 4 aliphatic carbocycles. The van der Waals surface area contributed by atoms with Crippen LogP contribution in [0.1, 0.15) is 50.7 Å². The fourth-order valence-electron chi connectivity index (χ4n) is 5.98. The highest BCUT2D eigenvalue weighted by Crippen LogP contribution is 2.57. The molecule has 4 saturated carbocycles. The van der Waals surface area contributed by atoms with E-state index >= 15 is 0 Å². The quantitative estimate of drug-likeness (QED) is 0.532. The molecule has 5 rings (SSSR count). The summed E-state index contributed by atoms with van der Waals surface area (Å²) in [4.78, 5) is 26.8. The van der Waals surface area contributed by atoms with Crippen LogP contribution < -0.4 is 0 Å². The summed E-state index contributed by atoms with van der Waals surface area (Å²) in [6.07, 6.45) is 11.5. The smallest absolute Gasteiger partial charge is 0.331 e. The summed E-state index contributed by atoms with van der Waals surface area (Å²) in [6, 6.07) is 5.62. The monoisotopic (exact) mass is 382 g/mol. The van der Waals surface area contributed by atoms with Crippen molar-refractivity contribution in [3.63, 3.8) is 0 Å². The Labute approximate surface area is 165 Å². The first-order valence-electron chi connectivity index (χ1n) is 10.1. The van der Waals surface area contributed by atoms with Crippen LogP contribution in [0.15, 0.2) is 28.9 Å². The van der Waals surface area contributed by atoms with Crippen LogP contribution in [-0.4, -0.2) is 35.5 Å². The highest BCUT2D eigenvalue weighted by Gasteiger charge is 2.54. The molecule has 4 bridgehead atoms. The van der Waals surface area contributed by atoms with E-state index in [0.717, 1.165) is 19.3 Å². The van der Waals surface area contributed by atoms with E-state index in [0.29, 0.717) is 36.5 Å². The molecule has 0 saturated heterocycles. The van der Waals surface area contributed by atoms with E-state index in [2.05, 4.69) is 6.07 Å². The largest absolute Gasteiger partial charge is 0.465 e. The average Bonchev–Trinajstić information content (AvgIpc) is 3.17. The lowest BCUT2D eigenvalue weighted by molar-refractivity contribution is -0.160. The molecule has 148 valence electrons. The predicted molar refractivity (Wildman–Crippen MR) is 102 cm³/mol. The van der Waals surface area contributed by atoms with E-state index < -0.39 is 5.97 Å². The van der Waals surface area contributed by atoms with Gasteiger partial charge >= 0.3 is 5.97 Å². The minimum atomic E-state index is -0.574. The zero-order valence-electron chi connectivity index (χ0n) is 16.0. The summed E-state index contributed by atoms with van der Waals surface area (Å²) >= 11 is 0. The number of carbonyl (C=O) groups excluding carboxylic acids is 2. The maximum Gasteiger partial charge on any atom is 0.331 e. The Morgan fingerprint density at radius 1 is 1.25 bits per heavy atom. The van der Waals surface area contributed by atoms with E-state index in [4.69, 9.17) is 14.4 Å². The zero-order valence-corrected chi connectivity index (χ0v) is 16.0. The molecule has 0 atom stereocenters. The average molecular weight is 382 g/mol. The molecule has 0 aliphatic heterocycles. The van der Waals surface area contributed by atoms with Crippen LogP contribution >= 0.6 is 0 Å². The number of hydrogen-bond acceptors (Lipinski definition) is 5. The minimum absolute atomic E-state index is 0.140. The van der Waals surface area contributed by atoms with E-state index in [1.54, 1.807) is 12.1 Å². The van der Waals surface area contributed by atoms with Crippen LogP contribution in [-0.2, 0) is 14.3 Å². The fourth-order valence-corrected chi connectivity index (χ4v) is 5.98. The molecular formula is C22H26N2O4. The maximum atomic E-state index is 13.0. The Morgan fingerprint density at radius 3 is 2.50 bits per heavy atom. The number of furan rings is 1. The number of esters is 1. The van der Waals surface area contributed by atoms with Crippen molar-refractivity contribution < 1.29 is 18.7 Å². The molecule has 1 heterocycles. The third kappa shape index (κ3) is 3.84. The first kappa shape index (κ1) is 18.8. The van der Waals surface area contributed by atoms with Gasteiger partial charge in [-0.25, -0.2) is 4.79 Å². The standard InChI is InChI=1S/C22H26N2O4/c23-6-2-7-24(22-12-16-9-17(13-22)11-18(10-16)14-22)20(25)15-28-21(26)5-4-19-3-1-8-27-19/h1,3-5,8,16-18H,2,7,9-15H2/b5-4+. The molecule has 6 nitrogen and oxygen atoms in total. The van der Waals surface area contributed by atoms with Gasteiger partial charge in [-0.3, -0.25) is 4.79 Å². The molecule has 4 aliphatic rings. The first-order chi connectivity index (χ1) is 13.6. The summed E-state index contributed by atoms with van der Waals surface area (Å²) in [5.74, 6) is 1.88. The first-order valence-corrected chi connectivity index (χ1v) is 10.1. The number of amides is 1. The number of ether oxygens (including phenoxy) is 1. The van der Waals surface area contributed by atoms with Gasteiger partial charge in [-0.15, -0.1) is 0 Å². The molecule has 1 aromatic rings. The zero-order chi connectivity index (χ0) is 19.6. The lowest BCUT2D eigenvalue weighted by Gasteiger charge is -2.60. The van der Waals surface area contributed by atoms with Crippen molar-refractivity contribution in [1.29, 1.82) is 5.26 Å². The van der Waals surface area contributed by atoms with Crippen molar-refractivity contribution in [3.05, 3.63) is 30.2 Å². The van der Waals surface area contributed by atoms with E-state index in [-0.39, 0.29) is 18.1 Å². The van der Waals surface area contributed by atoms with Crippen LogP contribution in [0.25, 0.3) is 6.08 Å². The number of nitrogens with zero attached hydrogens (tertiary/aromatic N) is 2. The van der Waals surface area contributed by atoms with Gasteiger partial charge in [0.05, 0.1) is 18.8 Å². The molecule has 0 spiro atoms. The predicted octanol–water partition coefficient (Wildman–Crippen LogP) is 3.55. The topological polar surface area (TPSA) is 83.5 Å². The van der Waals surface area contributed by atoms with Gasteiger partial charge in [-0.05, 0) is 74.5 Å². The summed E-state index contributed by atoms with van der Waals surface area (Å²) < 4.78 is 10.3. The number of hydrogen-bond donors (Lipinski definition) is 0. The third-order valence-corrected chi connectivity index (χ3v) is 6.59. The molecule has 1 amide bonds. The Balaban J connectivity index is 1.40. The molecule has 0 N–H and O–H groups in total. The normalized spacial score (nSPS) is 30.3. The van der Waals surface area contributed by atoms with Gasteiger partial charge in [0.2, 0.25) is 0 Å². The molecule has 4 fully saturated rings. The van der Waals surface area contributed by atoms with E-state index in [1.165, 1.54) is 37.7 Å². The molecule has 0 aromatic carbocycles. The summed E-state index contributed by atoms with van der Waals surface area (Å²) in [5.41, 5.74) is -0.140. The van der Waals surface area contributed by atoms with Gasteiger partial charge < -0.3 is 14.1 Å². The summed E-state index contributed by atoms with van der Waals surface area (Å²) in [6.45, 7) is 0.135. The Morgan fingerprint density at radius 2 is 1.93 bits per heavy atom. The maximum absolute atomic E-state index is 13.0. The molecule has 0 radical (unpaired) electrons. The molecule has 0 unspecified atom stereocenters. The van der Waals surface area contributed by atoms with Crippen LogP contribution in [0.3, 0.4) is 0 Å². The number of carbonyl (C=O) groups is 2. The third-order valence-electron chi connectivity index (χ3n) is 6.59.